The van der Waals surface area contributed by atoms with Crippen molar-refractivity contribution >= 4 is 11.6 Å². The summed E-state index contributed by atoms with van der Waals surface area (Å²) in [5.74, 6) is 0.389. The number of methoxy groups -OCH3 is 1. The van der Waals surface area contributed by atoms with Crippen molar-refractivity contribution in [3.63, 3.8) is 0 Å². The van der Waals surface area contributed by atoms with Gasteiger partial charge in [0.2, 0.25) is 0 Å². The van der Waals surface area contributed by atoms with Crippen molar-refractivity contribution in [3.8, 4) is 23.5 Å². The number of alkyl halides is 3. The number of nitrogens with zero attached hydrogens (tertiary/aromatic N) is 4. The predicted molar refractivity (Wildman–Crippen MR) is 133 cm³/mol. The summed E-state index contributed by atoms with van der Waals surface area (Å²) >= 11 is 5.65. The fraction of sp³-hybridized carbons (Fsp3) is 0.231. The molecule has 0 radical (unpaired) electrons. The molecule has 0 aliphatic rings. The van der Waals surface area contributed by atoms with Gasteiger partial charge in [0, 0.05) is 44.0 Å². The van der Waals surface area contributed by atoms with Crippen LogP contribution in [0.4, 0.5) is 13.2 Å². The fourth-order valence-corrected chi connectivity index (χ4v) is 3.73. The third kappa shape index (κ3) is 6.80. The van der Waals surface area contributed by atoms with Gasteiger partial charge in [0.1, 0.15) is 11.5 Å². The minimum atomic E-state index is -4.58. The Hall–Kier alpha value is -4.12. The second-order valence-electron chi connectivity index (χ2n) is 8.20. The number of hydrogen-bond donors (Lipinski definition) is 0. The Morgan fingerprint density at radius 3 is 2.34 bits per heavy atom. The van der Waals surface area contributed by atoms with Crippen molar-refractivity contribution in [3.05, 3.63) is 98.7 Å². The van der Waals surface area contributed by atoms with E-state index in [4.69, 9.17) is 25.8 Å². The molecule has 0 N–H and O–H groups in total. The third-order valence-corrected chi connectivity index (χ3v) is 5.74. The summed E-state index contributed by atoms with van der Waals surface area (Å²) in [6.07, 6.45) is 1.06. The lowest BCUT2D eigenvalue weighted by Crippen LogP contribution is -2.19. The maximum Gasteiger partial charge on any atom is 0.417 e. The van der Waals surface area contributed by atoms with Crippen LogP contribution in [0.5, 0.6) is 23.5 Å². The topological polar surface area (TPSA) is 88.4 Å². The van der Waals surface area contributed by atoms with Crippen LogP contribution >= 0.6 is 11.6 Å². The highest BCUT2D eigenvalue weighted by Crippen LogP contribution is 2.37. The van der Waals surface area contributed by atoms with Crippen LogP contribution in [0.2, 0.25) is 5.02 Å². The van der Waals surface area contributed by atoms with E-state index in [0.717, 1.165) is 23.3 Å². The molecule has 0 saturated heterocycles. The van der Waals surface area contributed by atoms with Crippen LogP contribution in [-0.4, -0.2) is 33.2 Å². The Labute approximate surface area is 220 Å². The molecule has 0 aliphatic heterocycles. The second-order valence-corrected chi connectivity index (χ2v) is 8.61. The Morgan fingerprint density at radius 1 is 1.00 bits per heavy atom. The molecule has 0 aliphatic carbocycles. The summed E-state index contributed by atoms with van der Waals surface area (Å²) in [6.45, 7) is 0.248. The van der Waals surface area contributed by atoms with Gasteiger partial charge in [-0.2, -0.15) is 18.2 Å². The molecule has 0 unspecified atom stereocenters. The maximum absolute atomic E-state index is 13.1. The number of aryl methyl sites for hydroxylation is 1. The van der Waals surface area contributed by atoms with Crippen molar-refractivity contribution in [2.75, 3.05) is 13.7 Å². The van der Waals surface area contributed by atoms with E-state index in [9.17, 15) is 18.0 Å². The largest absolute Gasteiger partial charge is 0.467 e. The van der Waals surface area contributed by atoms with Crippen LogP contribution in [0.3, 0.4) is 0 Å². The van der Waals surface area contributed by atoms with E-state index in [1.807, 2.05) is 0 Å². The SMILES string of the molecule is COc1ncc(Cc2cn(C)c(OCCc3ccc(Oc4ccc(Cl)c(C(F)(F)F)c4)cc3)nc2=O)cn1. The van der Waals surface area contributed by atoms with Gasteiger partial charge in [0.15, 0.2) is 0 Å². The van der Waals surface area contributed by atoms with Crippen LogP contribution in [0.15, 0.2) is 65.8 Å². The van der Waals surface area contributed by atoms with Crippen molar-refractivity contribution in [1.82, 2.24) is 19.5 Å². The van der Waals surface area contributed by atoms with Gasteiger partial charge in [-0.25, -0.2) is 9.97 Å². The number of rotatable bonds is 9. The molecule has 0 fully saturated rings. The van der Waals surface area contributed by atoms with Gasteiger partial charge in [-0.3, -0.25) is 4.79 Å². The summed E-state index contributed by atoms with van der Waals surface area (Å²) in [5, 5.41) is -0.395. The van der Waals surface area contributed by atoms with Crippen LogP contribution in [0.1, 0.15) is 22.3 Å². The van der Waals surface area contributed by atoms with Crippen molar-refractivity contribution in [1.29, 1.82) is 0 Å². The van der Waals surface area contributed by atoms with Crippen LogP contribution < -0.4 is 19.8 Å². The summed E-state index contributed by atoms with van der Waals surface area (Å²) in [6, 6.07) is 10.6. The lowest BCUT2D eigenvalue weighted by Gasteiger charge is -2.12. The zero-order valence-corrected chi connectivity index (χ0v) is 21.1. The van der Waals surface area contributed by atoms with Gasteiger partial charge in [0.25, 0.3) is 11.6 Å². The Bertz CT molecular complexity index is 1460. The molecule has 0 atom stereocenters. The number of ether oxygens (including phenoxy) is 3. The van der Waals surface area contributed by atoms with E-state index in [1.165, 1.54) is 13.2 Å². The first-order valence-corrected chi connectivity index (χ1v) is 11.7. The molecule has 2 heterocycles. The van der Waals surface area contributed by atoms with Crippen molar-refractivity contribution in [2.45, 2.75) is 19.0 Å². The average molecular weight is 547 g/mol. The molecule has 0 bridgehead atoms. The third-order valence-electron chi connectivity index (χ3n) is 5.41. The Kier molecular flexibility index (Phi) is 8.16. The smallest absolute Gasteiger partial charge is 0.417 e. The van der Waals surface area contributed by atoms with Gasteiger partial charge in [-0.15, -0.1) is 0 Å². The standard InChI is InChI=1S/C26H22ClF3N4O4/c1-34-15-18(11-17-13-31-24(36-2)32-14-17)23(35)33-25(34)37-10-9-16-3-5-19(6-4-16)38-20-7-8-22(27)21(12-20)26(28,29)30/h3-8,12-15H,9-11H2,1-2H3. The quantitative estimate of drug-likeness (QED) is 0.283. The molecule has 0 saturated carbocycles. The van der Waals surface area contributed by atoms with E-state index in [0.29, 0.717) is 24.2 Å². The van der Waals surface area contributed by atoms with Crippen molar-refractivity contribution < 1.29 is 27.4 Å². The van der Waals surface area contributed by atoms with E-state index in [2.05, 4.69) is 15.0 Å². The maximum atomic E-state index is 13.1. The molecule has 2 aromatic carbocycles. The van der Waals surface area contributed by atoms with Crippen LogP contribution in [0, 0.1) is 0 Å². The van der Waals surface area contributed by atoms with E-state index in [1.54, 1.807) is 54.5 Å². The number of halogens is 4. The van der Waals surface area contributed by atoms with E-state index < -0.39 is 22.3 Å². The predicted octanol–water partition coefficient (Wildman–Crippen LogP) is 5.26. The van der Waals surface area contributed by atoms with E-state index in [-0.39, 0.29) is 24.4 Å². The van der Waals surface area contributed by atoms with Crippen LogP contribution in [-0.2, 0) is 26.1 Å². The molecule has 0 amide bonds. The molecule has 4 aromatic rings. The first-order chi connectivity index (χ1) is 18.1. The first-order valence-electron chi connectivity index (χ1n) is 11.3. The summed E-state index contributed by atoms with van der Waals surface area (Å²) < 4.78 is 57.0. The average Bonchev–Trinajstić information content (AvgIpc) is 2.88. The monoisotopic (exact) mass is 546 g/mol. The van der Waals surface area contributed by atoms with Crippen molar-refractivity contribution in [2.24, 2.45) is 7.05 Å². The lowest BCUT2D eigenvalue weighted by molar-refractivity contribution is -0.137. The summed E-state index contributed by atoms with van der Waals surface area (Å²) in [7, 11) is 3.20. The molecule has 198 valence electrons. The first kappa shape index (κ1) is 26.9. The zero-order valence-electron chi connectivity index (χ0n) is 20.3. The number of aromatic nitrogens is 4. The normalized spacial score (nSPS) is 11.3. The Morgan fingerprint density at radius 2 is 1.68 bits per heavy atom. The minimum absolute atomic E-state index is 0.0211. The zero-order chi connectivity index (χ0) is 27.3. The highest BCUT2D eigenvalue weighted by molar-refractivity contribution is 6.31. The Balaban J connectivity index is 1.33. The highest BCUT2D eigenvalue weighted by Gasteiger charge is 2.33. The lowest BCUT2D eigenvalue weighted by atomic mass is 10.1. The van der Waals surface area contributed by atoms with Gasteiger partial charge in [0.05, 0.1) is 24.3 Å². The molecule has 38 heavy (non-hydrogen) atoms. The molecule has 12 heteroatoms. The molecule has 2 aromatic heterocycles. The summed E-state index contributed by atoms with van der Waals surface area (Å²) in [5.41, 5.74) is 0.725. The van der Waals surface area contributed by atoms with Gasteiger partial charge >= 0.3 is 12.2 Å². The van der Waals surface area contributed by atoms with Gasteiger partial charge in [-0.05, 0) is 41.5 Å². The van der Waals surface area contributed by atoms with E-state index >= 15 is 0 Å². The van der Waals surface area contributed by atoms with Crippen LogP contribution in [0.25, 0.3) is 0 Å². The molecule has 0 spiro atoms. The number of benzene rings is 2. The highest BCUT2D eigenvalue weighted by atomic mass is 35.5. The second kappa shape index (κ2) is 11.5. The molecular formula is C26H22ClF3N4O4. The summed E-state index contributed by atoms with van der Waals surface area (Å²) in [4.78, 5) is 24.6. The van der Waals surface area contributed by atoms with Gasteiger partial charge < -0.3 is 18.8 Å². The number of hydrogen-bond acceptors (Lipinski definition) is 7. The molecular weight excluding hydrogens is 525 g/mol. The molecule has 8 nitrogen and oxygen atoms in total. The minimum Gasteiger partial charge on any atom is -0.467 e. The fourth-order valence-electron chi connectivity index (χ4n) is 3.50. The van der Waals surface area contributed by atoms with Gasteiger partial charge in [-0.1, -0.05) is 23.7 Å². The molecule has 4 rings (SSSR count).